The molecule has 0 spiro atoms. The standard InChI is InChI=1S/C25H21ClN2O5/c1-31-20-8-5-9-21(16-20)32-12-13-33-23-11-10-18(26)14-17(23)15-22-24(29)27-28(25(22)30)19-6-3-2-4-7-19/h2-11,14-16H,12-13H2,1H3,(H,27,29)/b22-15+. The van der Waals surface area contributed by atoms with Gasteiger partial charge in [-0.1, -0.05) is 35.9 Å². The number of benzene rings is 3. The molecule has 33 heavy (non-hydrogen) atoms. The molecule has 8 heteroatoms. The Morgan fingerprint density at radius 3 is 2.45 bits per heavy atom. The second-order valence-electron chi connectivity index (χ2n) is 7.03. The van der Waals surface area contributed by atoms with Crippen LogP contribution in [0, 0.1) is 0 Å². The van der Waals surface area contributed by atoms with E-state index in [0.29, 0.717) is 33.5 Å². The highest BCUT2D eigenvalue weighted by atomic mass is 35.5. The highest BCUT2D eigenvalue weighted by Crippen LogP contribution is 2.28. The van der Waals surface area contributed by atoms with Gasteiger partial charge < -0.3 is 14.2 Å². The Bertz CT molecular complexity index is 1200. The molecule has 2 amide bonds. The lowest BCUT2D eigenvalue weighted by atomic mass is 10.1. The summed E-state index contributed by atoms with van der Waals surface area (Å²) in [6.07, 6.45) is 1.48. The largest absolute Gasteiger partial charge is 0.497 e. The fraction of sp³-hybridized carbons (Fsp3) is 0.120. The Labute approximate surface area is 196 Å². The maximum Gasteiger partial charge on any atom is 0.282 e. The molecule has 1 saturated heterocycles. The van der Waals surface area contributed by atoms with Crippen LogP contribution >= 0.6 is 11.6 Å². The number of ether oxygens (including phenoxy) is 3. The number of amides is 2. The number of para-hydroxylation sites is 1. The minimum Gasteiger partial charge on any atom is -0.497 e. The van der Waals surface area contributed by atoms with Gasteiger partial charge in [0.15, 0.2) is 0 Å². The van der Waals surface area contributed by atoms with E-state index in [1.54, 1.807) is 55.6 Å². The van der Waals surface area contributed by atoms with Crippen LogP contribution in [-0.2, 0) is 9.59 Å². The smallest absolute Gasteiger partial charge is 0.282 e. The van der Waals surface area contributed by atoms with Crippen LogP contribution in [0.1, 0.15) is 5.56 Å². The third-order valence-corrected chi connectivity index (χ3v) is 5.06. The first-order valence-electron chi connectivity index (χ1n) is 10.2. The molecule has 0 bridgehead atoms. The molecule has 1 aliphatic heterocycles. The van der Waals surface area contributed by atoms with E-state index in [9.17, 15) is 9.59 Å². The molecule has 168 valence electrons. The quantitative estimate of drug-likeness (QED) is 0.306. The molecule has 0 radical (unpaired) electrons. The highest BCUT2D eigenvalue weighted by molar-refractivity contribution is 6.32. The van der Waals surface area contributed by atoms with Crippen molar-refractivity contribution < 1.29 is 23.8 Å². The van der Waals surface area contributed by atoms with Crippen molar-refractivity contribution in [3.63, 3.8) is 0 Å². The van der Waals surface area contributed by atoms with Crippen LogP contribution in [0.4, 0.5) is 5.69 Å². The van der Waals surface area contributed by atoms with Gasteiger partial charge in [0, 0.05) is 16.7 Å². The first-order chi connectivity index (χ1) is 16.0. The molecule has 1 aliphatic rings. The number of carbonyl (C=O) groups is 2. The summed E-state index contributed by atoms with van der Waals surface area (Å²) in [5.74, 6) is 0.865. The van der Waals surface area contributed by atoms with Gasteiger partial charge in [-0.05, 0) is 48.5 Å². The highest BCUT2D eigenvalue weighted by Gasteiger charge is 2.34. The van der Waals surface area contributed by atoms with Crippen molar-refractivity contribution in [1.82, 2.24) is 5.43 Å². The van der Waals surface area contributed by atoms with Gasteiger partial charge in [-0.3, -0.25) is 15.0 Å². The Morgan fingerprint density at radius 1 is 0.909 bits per heavy atom. The van der Waals surface area contributed by atoms with E-state index in [2.05, 4.69) is 5.43 Å². The van der Waals surface area contributed by atoms with Crippen molar-refractivity contribution in [3.8, 4) is 17.2 Å². The van der Waals surface area contributed by atoms with Gasteiger partial charge >= 0.3 is 0 Å². The summed E-state index contributed by atoms with van der Waals surface area (Å²) >= 11 is 6.15. The third-order valence-electron chi connectivity index (χ3n) is 4.83. The van der Waals surface area contributed by atoms with Gasteiger partial charge in [0.05, 0.1) is 12.8 Å². The van der Waals surface area contributed by atoms with Gasteiger partial charge in [-0.15, -0.1) is 0 Å². The fourth-order valence-corrected chi connectivity index (χ4v) is 3.42. The number of nitrogens with one attached hydrogen (secondary N) is 1. The van der Waals surface area contributed by atoms with Crippen LogP contribution in [0.5, 0.6) is 17.2 Å². The number of anilines is 1. The molecule has 1 fully saturated rings. The van der Waals surface area contributed by atoms with Crippen LogP contribution < -0.4 is 24.6 Å². The molecule has 0 saturated carbocycles. The van der Waals surface area contributed by atoms with Gasteiger partial charge in [0.1, 0.15) is 36.0 Å². The molecule has 1 heterocycles. The van der Waals surface area contributed by atoms with Crippen molar-refractivity contribution in [2.75, 3.05) is 25.3 Å². The van der Waals surface area contributed by atoms with Gasteiger partial charge in [0.25, 0.3) is 11.8 Å². The third kappa shape index (κ3) is 5.27. The SMILES string of the molecule is COc1cccc(OCCOc2ccc(Cl)cc2/C=C2\C(=O)NN(c3ccccc3)C2=O)c1. The van der Waals surface area contributed by atoms with E-state index in [1.807, 2.05) is 24.3 Å². The zero-order chi connectivity index (χ0) is 23.2. The second kappa shape index (κ2) is 10.1. The van der Waals surface area contributed by atoms with Crippen LogP contribution in [0.25, 0.3) is 6.08 Å². The molecule has 0 atom stereocenters. The summed E-state index contributed by atoms with van der Waals surface area (Å²) < 4.78 is 16.7. The second-order valence-corrected chi connectivity index (χ2v) is 7.47. The summed E-state index contributed by atoms with van der Waals surface area (Å²) in [4.78, 5) is 25.3. The minimum atomic E-state index is -0.504. The number of hydrogen-bond acceptors (Lipinski definition) is 5. The van der Waals surface area contributed by atoms with E-state index in [4.69, 9.17) is 25.8 Å². The summed E-state index contributed by atoms with van der Waals surface area (Å²) in [5, 5.41) is 1.66. The van der Waals surface area contributed by atoms with E-state index in [-0.39, 0.29) is 18.8 Å². The first-order valence-corrected chi connectivity index (χ1v) is 10.5. The summed E-state index contributed by atoms with van der Waals surface area (Å²) in [6, 6.07) is 21.1. The summed E-state index contributed by atoms with van der Waals surface area (Å²) in [7, 11) is 1.59. The number of hydrogen-bond donors (Lipinski definition) is 1. The molecular weight excluding hydrogens is 444 g/mol. The van der Waals surface area contributed by atoms with Gasteiger partial charge in [-0.25, -0.2) is 5.01 Å². The van der Waals surface area contributed by atoms with Crippen molar-refractivity contribution in [2.45, 2.75) is 0 Å². The van der Waals surface area contributed by atoms with Crippen LogP contribution in [0.3, 0.4) is 0 Å². The Balaban J connectivity index is 1.47. The number of halogens is 1. The lowest BCUT2D eigenvalue weighted by Crippen LogP contribution is -2.35. The zero-order valence-electron chi connectivity index (χ0n) is 17.8. The van der Waals surface area contributed by atoms with E-state index in [1.165, 1.54) is 11.1 Å². The zero-order valence-corrected chi connectivity index (χ0v) is 18.5. The molecule has 1 N–H and O–H groups in total. The molecule has 0 unspecified atom stereocenters. The first kappa shape index (κ1) is 22.2. The molecule has 3 aromatic rings. The Hall–Kier alpha value is -3.97. The molecule has 0 aromatic heterocycles. The van der Waals surface area contributed by atoms with Crippen molar-refractivity contribution in [1.29, 1.82) is 0 Å². The van der Waals surface area contributed by atoms with E-state index < -0.39 is 11.8 Å². The number of carbonyl (C=O) groups excluding carboxylic acids is 2. The maximum absolute atomic E-state index is 12.9. The minimum absolute atomic E-state index is 0.0152. The van der Waals surface area contributed by atoms with Crippen LogP contribution in [0.15, 0.2) is 78.4 Å². The summed E-state index contributed by atoms with van der Waals surface area (Å²) in [6.45, 7) is 0.526. The van der Waals surface area contributed by atoms with Gasteiger partial charge in [0.2, 0.25) is 0 Å². The number of hydrazine groups is 1. The van der Waals surface area contributed by atoms with E-state index in [0.717, 1.165) is 0 Å². The predicted molar refractivity (Wildman–Crippen MR) is 125 cm³/mol. The van der Waals surface area contributed by atoms with Crippen molar-refractivity contribution in [2.24, 2.45) is 0 Å². The average Bonchev–Trinajstić information content (AvgIpc) is 3.12. The van der Waals surface area contributed by atoms with Crippen LogP contribution in [0.2, 0.25) is 5.02 Å². The van der Waals surface area contributed by atoms with E-state index >= 15 is 0 Å². The van der Waals surface area contributed by atoms with Crippen molar-refractivity contribution >= 4 is 35.2 Å². The lowest BCUT2D eigenvalue weighted by molar-refractivity contribution is -0.117. The molecular formula is C25H21ClN2O5. The molecule has 3 aromatic carbocycles. The number of methoxy groups -OCH3 is 1. The molecule has 7 nitrogen and oxygen atoms in total. The van der Waals surface area contributed by atoms with Crippen molar-refractivity contribution in [3.05, 3.63) is 89.0 Å². The molecule has 0 aliphatic carbocycles. The Morgan fingerprint density at radius 2 is 1.67 bits per heavy atom. The predicted octanol–water partition coefficient (Wildman–Crippen LogP) is 4.27. The molecule has 4 rings (SSSR count). The van der Waals surface area contributed by atoms with Crippen LogP contribution in [-0.4, -0.2) is 32.1 Å². The normalized spacial score (nSPS) is 14.4. The topological polar surface area (TPSA) is 77.1 Å². The average molecular weight is 465 g/mol. The maximum atomic E-state index is 12.9. The number of rotatable bonds is 8. The number of nitrogens with zero attached hydrogens (tertiary/aromatic N) is 1. The summed E-state index contributed by atoms with van der Waals surface area (Å²) in [5.41, 5.74) is 3.64. The Kier molecular flexibility index (Phi) is 6.80. The monoisotopic (exact) mass is 464 g/mol. The lowest BCUT2D eigenvalue weighted by Gasteiger charge is -2.14. The van der Waals surface area contributed by atoms with Gasteiger partial charge in [-0.2, -0.15) is 0 Å². The fourth-order valence-electron chi connectivity index (χ4n) is 3.24.